The predicted octanol–water partition coefficient (Wildman–Crippen LogP) is 3.70. The first kappa shape index (κ1) is 15.4. The molecule has 1 saturated heterocycles. The van der Waals surface area contributed by atoms with Crippen molar-refractivity contribution in [2.45, 2.75) is 40.0 Å². The minimum atomic E-state index is 0.0145. The molecule has 0 amide bonds. The largest absolute Gasteiger partial charge is 0.352 e. The molecule has 1 aliphatic rings. The molecule has 4 unspecified atom stereocenters. The Morgan fingerprint density at radius 3 is 2.75 bits per heavy atom. The highest BCUT2D eigenvalue weighted by Crippen LogP contribution is 2.40. The molecule has 1 aliphatic heterocycles. The number of hydrogen-bond donors (Lipinski definition) is 0. The van der Waals surface area contributed by atoms with Gasteiger partial charge in [-0.15, -0.1) is 0 Å². The molecule has 0 radical (unpaired) electrons. The fourth-order valence-corrected chi connectivity index (χ4v) is 3.01. The van der Waals surface area contributed by atoms with E-state index in [1.165, 1.54) is 0 Å². The first-order valence-electron chi connectivity index (χ1n) is 6.90. The van der Waals surface area contributed by atoms with Crippen molar-refractivity contribution in [2.75, 3.05) is 6.61 Å². The minimum Gasteiger partial charge on any atom is -0.352 e. The van der Waals surface area contributed by atoms with Crippen LogP contribution in [0.3, 0.4) is 0 Å². The van der Waals surface area contributed by atoms with Crippen LogP contribution in [0.1, 0.15) is 38.4 Å². The summed E-state index contributed by atoms with van der Waals surface area (Å²) in [6.07, 6.45) is 5.66. The summed E-state index contributed by atoms with van der Waals surface area (Å²) in [5, 5.41) is 0. The normalized spacial score (nSPS) is 30.0. The molecule has 0 aliphatic carbocycles. The molecule has 0 spiro atoms. The van der Waals surface area contributed by atoms with E-state index in [9.17, 15) is 0 Å². The molecule has 4 atom stereocenters. The van der Waals surface area contributed by atoms with E-state index in [-0.39, 0.29) is 12.3 Å². The summed E-state index contributed by atoms with van der Waals surface area (Å²) < 4.78 is 13.7. The molecular weight excluding hydrogens is 271 g/mol. The second-order valence-corrected chi connectivity index (χ2v) is 6.09. The van der Waals surface area contributed by atoms with E-state index in [0.717, 1.165) is 17.0 Å². The third kappa shape index (κ3) is 2.73. The Morgan fingerprint density at radius 1 is 1.50 bits per heavy atom. The second kappa shape index (κ2) is 6.21. The fraction of sp³-hybridized carbons (Fsp3) is 0.600. The van der Waals surface area contributed by atoms with Crippen LogP contribution in [0, 0.1) is 18.8 Å². The number of nitrogens with zero attached hydrogens (tertiary/aromatic N) is 2. The van der Waals surface area contributed by atoms with Crippen LogP contribution in [0.2, 0.25) is 0 Å². The molecule has 0 N–H and O–H groups in total. The van der Waals surface area contributed by atoms with Crippen LogP contribution < -0.4 is 0 Å². The maximum atomic E-state index is 6.18. The Balaban J connectivity index is 2.21. The molecule has 110 valence electrons. The summed E-state index contributed by atoms with van der Waals surface area (Å²) in [6.45, 7) is 13.0. The molecule has 0 bridgehead atoms. The molecule has 4 nitrogen and oxygen atoms in total. The Hall–Kier alpha value is -0.960. The van der Waals surface area contributed by atoms with Crippen LogP contribution in [0.15, 0.2) is 12.9 Å². The highest BCUT2D eigenvalue weighted by Gasteiger charge is 2.40. The van der Waals surface area contributed by atoms with Gasteiger partial charge in [0.15, 0.2) is 0 Å². The predicted molar refractivity (Wildman–Crippen MR) is 83.9 cm³/mol. The van der Waals surface area contributed by atoms with Crippen LogP contribution in [0.5, 0.6) is 0 Å². The fourth-order valence-electron chi connectivity index (χ4n) is 2.76. The molecule has 1 fully saturated rings. The number of allylic oxidation sites excluding steroid dienone is 1. The van der Waals surface area contributed by atoms with Crippen molar-refractivity contribution in [1.82, 2.24) is 9.55 Å². The highest BCUT2D eigenvalue weighted by atomic mass is 31.1. The quantitative estimate of drug-likeness (QED) is 0.777. The van der Waals surface area contributed by atoms with E-state index >= 15 is 0 Å². The third-order valence-electron chi connectivity index (χ3n) is 4.23. The van der Waals surface area contributed by atoms with E-state index < -0.39 is 0 Å². The Kier molecular flexibility index (Phi) is 4.79. The van der Waals surface area contributed by atoms with Gasteiger partial charge in [0.2, 0.25) is 0 Å². The van der Waals surface area contributed by atoms with Crippen molar-refractivity contribution in [3.63, 3.8) is 0 Å². The van der Waals surface area contributed by atoms with Crippen LogP contribution >= 0.6 is 8.43 Å². The van der Waals surface area contributed by atoms with Gasteiger partial charge in [0.25, 0.3) is 0 Å². The van der Waals surface area contributed by atoms with Crippen molar-refractivity contribution >= 4 is 20.3 Å². The van der Waals surface area contributed by atoms with Gasteiger partial charge >= 0.3 is 0 Å². The van der Waals surface area contributed by atoms with Crippen LogP contribution in [-0.2, 0) is 9.26 Å². The monoisotopic (exact) mass is 294 g/mol. The highest BCUT2D eigenvalue weighted by molar-refractivity contribution is 7.30. The minimum absolute atomic E-state index is 0.0145. The summed E-state index contributed by atoms with van der Waals surface area (Å²) in [6, 6.07) is 0. The van der Waals surface area contributed by atoms with Crippen molar-refractivity contribution < 1.29 is 9.26 Å². The van der Waals surface area contributed by atoms with E-state index in [1.54, 1.807) is 0 Å². The molecule has 5 heteroatoms. The van der Waals surface area contributed by atoms with Gasteiger partial charge in [-0.2, -0.15) is 0 Å². The summed E-state index contributed by atoms with van der Waals surface area (Å²) >= 11 is 0. The lowest BCUT2D eigenvalue weighted by molar-refractivity contribution is -0.0294. The smallest absolute Gasteiger partial charge is 0.138 e. The first-order chi connectivity index (χ1) is 9.47. The van der Waals surface area contributed by atoms with Gasteiger partial charge in [0, 0.05) is 20.0 Å². The van der Waals surface area contributed by atoms with Gasteiger partial charge in [-0.25, -0.2) is 4.98 Å². The zero-order valence-electron chi connectivity index (χ0n) is 12.7. The number of ether oxygens (including phenoxy) is 1. The summed E-state index contributed by atoms with van der Waals surface area (Å²) in [5.74, 6) is 0.854. The molecule has 2 heterocycles. The maximum Gasteiger partial charge on any atom is 0.138 e. The Morgan fingerprint density at radius 2 is 2.20 bits per heavy atom. The van der Waals surface area contributed by atoms with Gasteiger partial charge in [0.1, 0.15) is 6.23 Å². The van der Waals surface area contributed by atoms with Crippen LogP contribution in [0.25, 0.3) is 5.57 Å². The van der Waals surface area contributed by atoms with E-state index in [1.807, 2.05) is 13.3 Å². The van der Waals surface area contributed by atoms with Gasteiger partial charge in [-0.1, -0.05) is 20.4 Å². The summed E-state index contributed by atoms with van der Waals surface area (Å²) in [7, 11) is 0.701. The second-order valence-electron chi connectivity index (χ2n) is 5.57. The average Bonchev–Trinajstić information content (AvgIpc) is 2.91. The zero-order chi connectivity index (χ0) is 14.9. The third-order valence-corrected chi connectivity index (χ3v) is 4.56. The van der Waals surface area contributed by atoms with Crippen molar-refractivity contribution in [1.29, 1.82) is 0 Å². The Labute approximate surface area is 122 Å². The molecule has 0 saturated carbocycles. The van der Waals surface area contributed by atoms with Crippen LogP contribution in [0.4, 0.5) is 0 Å². The average molecular weight is 294 g/mol. The van der Waals surface area contributed by atoms with Crippen molar-refractivity contribution in [3.8, 4) is 0 Å². The van der Waals surface area contributed by atoms with E-state index in [2.05, 4.69) is 43.2 Å². The first-order valence-corrected chi connectivity index (χ1v) is 7.89. The zero-order valence-corrected chi connectivity index (χ0v) is 13.6. The number of rotatable bonds is 5. The standard InChI is InChI=1S/C15H23N2O2P/c1-9(2)14-12(5)17(8-16-14)15-11(4)10(3)13(19-15)7-18-20-6/h8,10-11,13,15H,1,6-7H2,2-5H3. The molecule has 20 heavy (non-hydrogen) atoms. The number of aromatic nitrogens is 2. The van der Waals surface area contributed by atoms with Gasteiger partial charge in [-0.05, 0) is 31.6 Å². The van der Waals surface area contributed by atoms with E-state index in [4.69, 9.17) is 9.26 Å². The topological polar surface area (TPSA) is 36.3 Å². The summed E-state index contributed by atoms with van der Waals surface area (Å²) in [5.41, 5.74) is 3.05. The van der Waals surface area contributed by atoms with Crippen molar-refractivity contribution in [2.24, 2.45) is 11.8 Å². The molecule has 1 aromatic heterocycles. The maximum absolute atomic E-state index is 6.18. The van der Waals surface area contributed by atoms with Crippen LogP contribution in [-0.4, -0.2) is 28.6 Å². The molecule has 2 rings (SSSR count). The molecule has 1 aromatic rings. The van der Waals surface area contributed by atoms with E-state index in [0.29, 0.717) is 26.9 Å². The lowest BCUT2D eigenvalue weighted by Gasteiger charge is -2.19. The van der Waals surface area contributed by atoms with Gasteiger partial charge in [-0.3, -0.25) is 0 Å². The Bertz CT molecular complexity index is 512. The molecule has 0 aromatic carbocycles. The number of hydrogen-bond acceptors (Lipinski definition) is 3. The van der Waals surface area contributed by atoms with Gasteiger partial charge < -0.3 is 13.8 Å². The summed E-state index contributed by atoms with van der Waals surface area (Å²) in [4.78, 5) is 4.45. The SMILES string of the molecule is C=POCC1OC(n2cnc(C(=C)C)c2C)C(C)C1C. The van der Waals surface area contributed by atoms with Crippen molar-refractivity contribution in [3.05, 3.63) is 24.3 Å². The van der Waals surface area contributed by atoms with Gasteiger partial charge in [0.05, 0.1) is 24.7 Å². The molecular formula is C15H23N2O2P. The number of imidazole rings is 1. The lowest BCUT2D eigenvalue weighted by Crippen LogP contribution is -2.20. The lowest BCUT2D eigenvalue weighted by atomic mass is 9.93.